The molecule has 0 radical (unpaired) electrons. The fourth-order valence-corrected chi connectivity index (χ4v) is 4.73. The minimum absolute atomic E-state index is 0.0646. The summed E-state index contributed by atoms with van der Waals surface area (Å²) in [6.07, 6.45) is 1.47. The molecule has 0 saturated carbocycles. The predicted octanol–water partition coefficient (Wildman–Crippen LogP) is 3.77. The molecule has 0 saturated heterocycles. The Morgan fingerprint density at radius 3 is 2.30 bits per heavy atom. The van der Waals surface area contributed by atoms with Crippen LogP contribution in [0.25, 0.3) is 0 Å². The molecule has 0 bridgehead atoms. The van der Waals surface area contributed by atoms with Crippen molar-refractivity contribution in [1.82, 2.24) is 10.3 Å². The highest BCUT2D eigenvalue weighted by molar-refractivity contribution is 7.16. The van der Waals surface area contributed by atoms with E-state index in [4.69, 9.17) is 14.2 Å². The zero-order valence-corrected chi connectivity index (χ0v) is 19.5. The summed E-state index contributed by atoms with van der Waals surface area (Å²) < 4.78 is 15.6. The number of nitrogens with zero attached hydrogens (tertiary/aromatic N) is 1. The van der Waals surface area contributed by atoms with Crippen LogP contribution in [0.2, 0.25) is 0 Å². The Bertz CT molecular complexity index is 1140. The van der Waals surface area contributed by atoms with Crippen LogP contribution in [0, 0.1) is 0 Å². The Morgan fingerprint density at radius 1 is 1.00 bits per heavy atom. The molecule has 0 spiro atoms. The van der Waals surface area contributed by atoms with Crippen LogP contribution in [0.1, 0.15) is 38.8 Å². The van der Waals surface area contributed by atoms with Gasteiger partial charge in [-0.1, -0.05) is 12.1 Å². The van der Waals surface area contributed by atoms with Gasteiger partial charge in [0.1, 0.15) is 17.2 Å². The summed E-state index contributed by atoms with van der Waals surface area (Å²) in [5, 5.41) is 6.29. The van der Waals surface area contributed by atoms with Crippen molar-refractivity contribution in [3.63, 3.8) is 0 Å². The number of amides is 2. The van der Waals surface area contributed by atoms with Crippen molar-refractivity contribution >= 4 is 28.3 Å². The van der Waals surface area contributed by atoms with Crippen molar-refractivity contribution in [2.75, 3.05) is 26.6 Å². The van der Waals surface area contributed by atoms with Gasteiger partial charge in [-0.25, -0.2) is 4.98 Å². The Hall–Kier alpha value is -3.59. The summed E-state index contributed by atoms with van der Waals surface area (Å²) in [6, 6.07) is 12.5. The van der Waals surface area contributed by atoms with Crippen molar-refractivity contribution < 1.29 is 23.8 Å². The highest BCUT2D eigenvalue weighted by Gasteiger charge is 2.32. The summed E-state index contributed by atoms with van der Waals surface area (Å²) in [5.41, 5.74) is 2.13. The van der Waals surface area contributed by atoms with Crippen LogP contribution in [-0.2, 0) is 17.8 Å². The van der Waals surface area contributed by atoms with E-state index in [1.165, 1.54) is 25.6 Å². The highest BCUT2D eigenvalue weighted by atomic mass is 32.1. The van der Waals surface area contributed by atoms with Gasteiger partial charge in [0.25, 0.3) is 5.91 Å². The Balaban J connectivity index is 1.41. The predicted molar refractivity (Wildman–Crippen MR) is 126 cm³/mol. The van der Waals surface area contributed by atoms with Gasteiger partial charge in [-0.05, 0) is 42.7 Å². The van der Waals surface area contributed by atoms with Crippen LogP contribution < -0.4 is 24.8 Å². The van der Waals surface area contributed by atoms with Crippen LogP contribution in [0.15, 0.2) is 42.5 Å². The van der Waals surface area contributed by atoms with Crippen LogP contribution in [0.4, 0.5) is 5.13 Å². The summed E-state index contributed by atoms with van der Waals surface area (Å²) >= 11 is 1.41. The maximum Gasteiger partial charge on any atom is 0.257 e. The maximum absolute atomic E-state index is 12.8. The molecule has 1 heterocycles. The van der Waals surface area contributed by atoms with Gasteiger partial charge in [-0.2, -0.15) is 0 Å². The zero-order chi connectivity index (χ0) is 23.4. The van der Waals surface area contributed by atoms with E-state index in [0.717, 1.165) is 28.3 Å². The molecule has 1 atom stereocenters. The average molecular weight is 468 g/mol. The summed E-state index contributed by atoms with van der Waals surface area (Å²) in [4.78, 5) is 31.2. The van der Waals surface area contributed by atoms with E-state index in [9.17, 15) is 9.59 Å². The molecule has 1 aliphatic carbocycles. The number of carbonyl (C=O) groups is 2. The summed E-state index contributed by atoms with van der Waals surface area (Å²) in [5.74, 6) is 1.11. The van der Waals surface area contributed by atoms with E-state index in [2.05, 4.69) is 15.6 Å². The van der Waals surface area contributed by atoms with Crippen molar-refractivity contribution in [2.45, 2.75) is 25.3 Å². The molecule has 9 heteroatoms. The smallest absolute Gasteiger partial charge is 0.257 e. The highest BCUT2D eigenvalue weighted by Crippen LogP contribution is 2.38. The molecule has 2 amide bonds. The standard InChI is InChI=1S/C24H25N3O5S/c1-30-16-6-4-14(5-7-16)13-25-23(29)19-8-9-20-21(19)26-24(33-20)27-22(28)15-10-17(31-2)12-18(11-15)32-3/h4-7,10-12,19H,8-9,13H2,1-3H3,(H,25,29)(H,26,27,28). The molecule has 33 heavy (non-hydrogen) atoms. The fraction of sp³-hybridized carbons (Fsp3) is 0.292. The first-order chi connectivity index (χ1) is 16.0. The molecule has 8 nitrogen and oxygen atoms in total. The number of ether oxygens (including phenoxy) is 3. The summed E-state index contributed by atoms with van der Waals surface area (Å²) in [7, 11) is 4.68. The third kappa shape index (κ3) is 5.09. The molecule has 0 aliphatic heterocycles. The topological polar surface area (TPSA) is 98.8 Å². The van der Waals surface area contributed by atoms with Crippen molar-refractivity contribution in [3.05, 3.63) is 64.2 Å². The number of rotatable bonds is 8. The monoisotopic (exact) mass is 467 g/mol. The third-order valence-electron chi connectivity index (χ3n) is 5.49. The second-order valence-corrected chi connectivity index (χ2v) is 8.62. The molecule has 1 aromatic heterocycles. The number of hydrogen-bond acceptors (Lipinski definition) is 7. The Kier molecular flexibility index (Phi) is 6.79. The van der Waals surface area contributed by atoms with Gasteiger partial charge in [0, 0.05) is 23.1 Å². The van der Waals surface area contributed by atoms with Gasteiger partial charge in [0.2, 0.25) is 5.91 Å². The number of methoxy groups -OCH3 is 3. The SMILES string of the molecule is COc1ccc(CNC(=O)C2CCc3sc(NC(=O)c4cc(OC)cc(OC)c4)nc32)cc1. The van der Waals surface area contributed by atoms with Gasteiger partial charge in [-0.15, -0.1) is 11.3 Å². The lowest BCUT2D eigenvalue weighted by Crippen LogP contribution is -2.28. The quantitative estimate of drug-likeness (QED) is 0.523. The lowest BCUT2D eigenvalue weighted by Gasteiger charge is -2.11. The molecular weight excluding hydrogens is 442 g/mol. The number of thiazole rings is 1. The zero-order valence-electron chi connectivity index (χ0n) is 18.6. The Labute approximate surface area is 195 Å². The van der Waals surface area contributed by atoms with Gasteiger partial charge in [0.15, 0.2) is 5.13 Å². The lowest BCUT2D eigenvalue weighted by atomic mass is 10.1. The van der Waals surface area contributed by atoms with E-state index < -0.39 is 0 Å². The first kappa shape index (κ1) is 22.6. The number of anilines is 1. The number of aromatic nitrogens is 1. The molecule has 1 unspecified atom stereocenters. The molecule has 3 aromatic rings. The molecule has 1 aliphatic rings. The number of hydrogen-bond donors (Lipinski definition) is 2. The van der Waals surface area contributed by atoms with Crippen molar-refractivity contribution in [1.29, 1.82) is 0 Å². The van der Waals surface area contributed by atoms with Crippen molar-refractivity contribution in [2.24, 2.45) is 0 Å². The number of benzene rings is 2. The van der Waals surface area contributed by atoms with Crippen LogP contribution in [0.3, 0.4) is 0 Å². The second kappa shape index (κ2) is 9.91. The number of fused-ring (bicyclic) bond motifs is 1. The van der Waals surface area contributed by atoms with Gasteiger partial charge < -0.3 is 19.5 Å². The largest absolute Gasteiger partial charge is 0.497 e. The van der Waals surface area contributed by atoms with Gasteiger partial charge >= 0.3 is 0 Å². The van der Waals surface area contributed by atoms with Crippen LogP contribution >= 0.6 is 11.3 Å². The van der Waals surface area contributed by atoms with E-state index in [-0.39, 0.29) is 17.7 Å². The third-order valence-corrected chi connectivity index (χ3v) is 6.54. The summed E-state index contributed by atoms with van der Waals surface area (Å²) in [6.45, 7) is 0.431. The maximum atomic E-state index is 12.8. The van der Waals surface area contributed by atoms with E-state index in [0.29, 0.717) is 35.2 Å². The molecule has 172 valence electrons. The first-order valence-electron chi connectivity index (χ1n) is 10.5. The molecule has 2 aromatic carbocycles. The number of nitrogens with one attached hydrogen (secondary N) is 2. The molecule has 0 fully saturated rings. The van der Waals surface area contributed by atoms with Gasteiger partial charge in [0.05, 0.1) is 32.9 Å². The molecule has 2 N–H and O–H groups in total. The van der Waals surface area contributed by atoms with E-state index >= 15 is 0 Å². The Morgan fingerprint density at radius 2 is 1.67 bits per heavy atom. The van der Waals surface area contributed by atoms with Gasteiger partial charge in [-0.3, -0.25) is 14.9 Å². The van der Waals surface area contributed by atoms with Crippen molar-refractivity contribution in [3.8, 4) is 17.2 Å². The average Bonchev–Trinajstić information content (AvgIpc) is 3.42. The normalized spacial score (nSPS) is 14.3. The first-order valence-corrected chi connectivity index (χ1v) is 11.3. The second-order valence-electron chi connectivity index (χ2n) is 7.54. The van der Waals surface area contributed by atoms with Crippen LogP contribution in [0.5, 0.6) is 17.2 Å². The van der Waals surface area contributed by atoms with Crippen LogP contribution in [-0.4, -0.2) is 38.1 Å². The minimum Gasteiger partial charge on any atom is -0.497 e. The molecular formula is C24H25N3O5S. The molecule has 4 rings (SSSR count). The van der Waals surface area contributed by atoms with E-state index in [1.807, 2.05) is 24.3 Å². The fourth-order valence-electron chi connectivity index (χ4n) is 3.70. The number of aryl methyl sites for hydroxylation is 1. The number of carbonyl (C=O) groups excluding carboxylic acids is 2. The van der Waals surface area contributed by atoms with E-state index in [1.54, 1.807) is 25.3 Å². The minimum atomic E-state index is -0.322. The lowest BCUT2D eigenvalue weighted by molar-refractivity contribution is -0.122.